The Morgan fingerprint density at radius 3 is 2.58 bits per heavy atom. The van der Waals surface area contributed by atoms with E-state index in [2.05, 4.69) is 9.88 Å². The number of hydrogen-bond donors (Lipinski definition) is 2. The minimum Gasteiger partial charge on any atom is -0.497 e. The predicted octanol–water partition coefficient (Wildman–Crippen LogP) is 4.26. The lowest BCUT2D eigenvalue weighted by Gasteiger charge is -2.14. The van der Waals surface area contributed by atoms with Crippen LogP contribution in [0.1, 0.15) is 23.9 Å². The molecule has 0 radical (unpaired) electrons. The molecule has 0 amide bonds. The molecule has 5 nitrogen and oxygen atoms in total. The van der Waals surface area contributed by atoms with Gasteiger partial charge in [-0.15, -0.1) is 0 Å². The van der Waals surface area contributed by atoms with Crippen molar-refractivity contribution < 1.29 is 9.84 Å². The third kappa shape index (κ3) is 3.16. The highest BCUT2D eigenvalue weighted by atomic mass is 35.5. The van der Waals surface area contributed by atoms with Crippen LogP contribution in [-0.2, 0) is 13.0 Å². The smallest absolute Gasteiger partial charge is 0.205 e. The first-order valence-electron chi connectivity index (χ1n) is 8.59. The fourth-order valence-electron chi connectivity index (χ4n) is 3.33. The lowest BCUT2D eigenvalue weighted by molar-refractivity contribution is 0.206. The first-order valence-corrected chi connectivity index (χ1v) is 8.97. The second-order valence-corrected chi connectivity index (χ2v) is 6.75. The molecule has 1 aromatic heterocycles. The number of aromatic nitrogens is 2. The van der Waals surface area contributed by atoms with Crippen molar-refractivity contribution in [2.75, 3.05) is 12.4 Å². The van der Waals surface area contributed by atoms with E-state index in [9.17, 15) is 5.11 Å². The summed E-state index contributed by atoms with van der Waals surface area (Å²) >= 11 is 5.92. The number of aliphatic hydroxyl groups is 1. The summed E-state index contributed by atoms with van der Waals surface area (Å²) in [6, 6.07) is 15.0. The predicted molar refractivity (Wildman–Crippen MR) is 103 cm³/mol. The molecule has 0 fully saturated rings. The molecule has 1 aliphatic rings. The fourth-order valence-corrected chi connectivity index (χ4v) is 3.45. The minimum atomic E-state index is -0.844. The largest absolute Gasteiger partial charge is 0.497 e. The number of fused-ring (bicyclic) bond motifs is 1. The molecule has 134 valence electrons. The quantitative estimate of drug-likeness (QED) is 0.660. The van der Waals surface area contributed by atoms with Crippen LogP contribution < -0.4 is 10.1 Å². The van der Waals surface area contributed by atoms with E-state index >= 15 is 0 Å². The number of ether oxygens (including phenoxy) is 1. The number of halogens is 1. The van der Waals surface area contributed by atoms with Gasteiger partial charge < -0.3 is 19.7 Å². The molecule has 3 aromatic rings. The van der Waals surface area contributed by atoms with Crippen molar-refractivity contribution in [2.45, 2.75) is 25.6 Å². The molecule has 1 unspecified atom stereocenters. The van der Waals surface area contributed by atoms with Gasteiger partial charge in [0.25, 0.3) is 0 Å². The van der Waals surface area contributed by atoms with E-state index in [0.29, 0.717) is 11.0 Å². The molecule has 1 aliphatic heterocycles. The van der Waals surface area contributed by atoms with Crippen molar-refractivity contribution in [3.8, 4) is 17.0 Å². The molecule has 1 atom stereocenters. The number of nitrogens with zero attached hydrogens (tertiary/aromatic N) is 2. The van der Waals surface area contributed by atoms with Crippen LogP contribution in [0.4, 0.5) is 5.95 Å². The molecule has 2 aromatic carbocycles. The lowest BCUT2D eigenvalue weighted by atomic mass is 10.1. The van der Waals surface area contributed by atoms with Gasteiger partial charge in [-0.1, -0.05) is 23.7 Å². The molecule has 2 N–H and O–H groups in total. The summed E-state index contributed by atoms with van der Waals surface area (Å²) < 4.78 is 7.38. The van der Waals surface area contributed by atoms with Crippen LogP contribution in [0.15, 0.2) is 48.5 Å². The van der Waals surface area contributed by atoms with Gasteiger partial charge >= 0.3 is 0 Å². The van der Waals surface area contributed by atoms with Gasteiger partial charge in [-0.05, 0) is 49.2 Å². The number of imidazole rings is 1. The Kier molecular flexibility index (Phi) is 4.57. The van der Waals surface area contributed by atoms with E-state index in [1.807, 2.05) is 24.3 Å². The van der Waals surface area contributed by atoms with Crippen LogP contribution in [0.25, 0.3) is 11.3 Å². The van der Waals surface area contributed by atoms with Gasteiger partial charge in [-0.25, -0.2) is 4.98 Å². The average Bonchev–Trinajstić information content (AvgIpc) is 3.26. The molecule has 0 aliphatic carbocycles. The number of hydrogen-bond acceptors (Lipinski definition) is 4. The molecule has 4 rings (SSSR count). The van der Waals surface area contributed by atoms with Crippen LogP contribution in [0.5, 0.6) is 5.75 Å². The molecule has 6 heteroatoms. The maximum atomic E-state index is 10.5. The molecule has 0 saturated heterocycles. The number of anilines is 1. The van der Waals surface area contributed by atoms with Gasteiger partial charge in [0.2, 0.25) is 5.95 Å². The third-order valence-electron chi connectivity index (χ3n) is 4.68. The third-order valence-corrected chi connectivity index (χ3v) is 4.93. The Hall–Kier alpha value is -2.50. The van der Waals surface area contributed by atoms with Crippen LogP contribution in [0.3, 0.4) is 0 Å². The summed E-state index contributed by atoms with van der Waals surface area (Å²) in [6.45, 7) is 0.897. The summed E-state index contributed by atoms with van der Waals surface area (Å²) in [6.07, 6.45) is 1.21. The summed E-state index contributed by atoms with van der Waals surface area (Å²) in [5.74, 6) is 1.51. The van der Waals surface area contributed by atoms with E-state index in [-0.39, 0.29) is 0 Å². The molecule has 0 saturated carbocycles. The van der Waals surface area contributed by atoms with Gasteiger partial charge in [-0.2, -0.15) is 0 Å². The topological polar surface area (TPSA) is 59.3 Å². The van der Waals surface area contributed by atoms with Gasteiger partial charge in [0.1, 0.15) is 5.75 Å². The zero-order valence-corrected chi connectivity index (χ0v) is 15.2. The second kappa shape index (κ2) is 7.02. The summed E-state index contributed by atoms with van der Waals surface area (Å²) in [4.78, 5) is 4.77. The zero-order chi connectivity index (χ0) is 18.1. The number of methoxy groups -OCH3 is 1. The van der Waals surface area contributed by atoms with Crippen molar-refractivity contribution >= 4 is 17.5 Å². The maximum Gasteiger partial charge on any atom is 0.205 e. The second-order valence-electron chi connectivity index (χ2n) is 6.31. The van der Waals surface area contributed by atoms with Crippen LogP contribution in [-0.4, -0.2) is 21.8 Å². The number of aliphatic hydroxyl groups excluding tert-OH is 1. The van der Waals surface area contributed by atoms with Crippen LogP contribution >= 0.6 is 11.6 Å². The van der Waals surface area contributed by atoms with E-state index in [4.69, 9.17) is 21.3 Å². The SMILES string of the molecule is COc1ccc(-c2nc(NC(O)c3ccc(Cl)cc3)n3c2CCC3)cc1. The van der Waals surface area contributed by atoms with Gasteiger partial charge in [0.15, 0.2) is 6.23 Å². The molecule has 0 bridgehead atoms. The molecular formula is C20H20ClN3O2. The molecular weight excluding hydrogens is 350 g/mol. The highest BCUT2D eigenvalue weighted by molar-refractivity contribution is 6.30. The summed E-state index contributed by atoms with van der Waals surface area (Å²) in [5.41, 5.74) is 3.94. The molecule has 26 heavy (non-hydrogen) atoms. The Balaban J connectivity index is 1.64. The van der Waals surface area contributed by atoms with E-state index in [1.54, 1.807) is 31.4 Å². The number of nitrogens with one attached hydrogen (secondary N) is 1. The first kappa shape index (κ1) is 16.9. The average molecular weight is 370 g/mol. The summed E-state index contributed by atoms with van der Waals surface area (Å²) in [5, 5.41) is 14.3. The Bertz CT molecular complexity index is 904. The highest BCUT2D eigenvalue weighted by Crippen LogP contribution is 2.33. The Morgan fingerprint density at radius 2 is 1.88 bits per heavy atom. The van der Waals surface area contributed by atoms with Gasteiger partial charge in [0.05, 0.1) is 12.8 Å². The van der Waals surface area contributed by atoms with Gasteiger partial charge in [0, 0.05) is 28.4 Å². The number of benzene rings is 2. The molecule has 0 spiro atoms. The van der Waals surface area contributed by atoms with Crippen molar-refractivity contribution in [1.82, 2.24) is 9.55 Å². The van der Waals surface area contributed by atoms with Gasteiger partial charge in [-0.3, -0.25) is 0 Å². The fraction of sp³-hybridized carbons (Fsp3) is 0.250. The number of rotatable bonds is 5. The van der Waals surface area contributed by atoms with E-state index in [1.165, 1.54) is 5.69 Å². The minimum absolute atomic E-state index is 0.643. The van der Waals surface area contributed by atoms with Crippen molar-refractivity contribution in [2.24, 2.45) is 0 Å². The van der Waals surface area contributed by atoms with Crippen molar-refractivity contribution in [3.63, 3.8) is 0 Å². The normalized spacial score (nSPS) is 14.1. The maximum absolute atomic E-state index is 10.5. The van der Waals surface area contributed by atoms with E-state index in [0.717, 1.165) is 42.0 Å². The van der Waals surface area contributed by atoms with Crippen LogP contribution in [0.2, 0.25) is 5.02 Å². The first-order chi connectivity index (χ1) is 12.7. The summed E-state index contributed by atoms with van der Waals surface area (Å²) in [7, 11) is 1.66. The Morgan fingerprint density at radius 1 is 1.15 bits per heavy atom. The highest BCUT2D eigenvalue weighted by Gasteiger charge is 2.23. The zero-order valence-electron chi connectivity index (χ0n) is 14.4. The van der Waals surface area contributed by atoms with Crippen molar-refractivity contribution in [3.05, 3.63) is 64.8 Å². The molecule has 2 heterocycles. The lowest BCUT2D eigenvalue weighted by Crippen LogP contribution is -2.13. The van der Waals surface area contributed by atoms with Crippen LogP contribution in [0, 0.1) is 0 Å². The van der Waals surface area contributed by atoms with Crippen molar-refractivity contribution in [1.29, 1.82) is 0 Å². The standard InChI is InChI=1S/C20H20ClN3O2/c1-26-16-10-6-13(7-11-16)18-17-3-2-12-24(17)20(22-18)23-19(25)14-4-8-15(21)9-5-14/h4-11,19,25H,2-3,12H2,1H3,(H,22,23). The van der Waals surface area contributed by atoms with E-state index < -0.39 is 6.23 Å². The monoisotopic (exact) mass is 369 g/mol. The Labute approximate surface area is 157 Å².